The number of nitrogens with one attached hydrogen (secondary N) is 1. The predicted molar refractivity (Wildman–Crippen MR) is 75.0 cm³/mol. The number of aromatic nitrogens is 1. The van der Waals surface area contributed by atoms with Crippen molar-refractivity contribution in [2.45, 2.75) is 26.4 Å². The lowest BCUT2D eigenvalue weighted by Crippen LogP contribution is -2.16. The lowest BCUT2D eigenvalue weighted by molar-refractivity contribution is 0.563. The minimum absolute atomic E-state index is 0.364. The van der Waals surface area contributed by atoms with E-state index in [-0.39, 0.29) is 0 Å². The fourth-order valence-corrected chi connectivity index (χ4v) is 2.69. The van der Waals surface area contributed by atoms with Gasteiger partial charge in [-0.25, -0.2) is 4.98 Å². The SMILES string of the molecule is CCNC(C)c1cnc(N(C)Cc2ccoc2)s1. The van der Waals surface area contributed by atoms with E-state index in [1.54, 1.807) is 23.9 Å². The van der Waals surface area contributed by atoms with Gasteiger partial charge in [0.2, 0.25) is 0 Å². The van der Waals surface area contributed by atoms with Gasteiger partial charge >= 0.3 is 0 Å². The summed E-state index contributed by atoms with van der Waals surface area (Å²) < 4.78 is 5.07. The van der Waals surface area contributed by atoms with Gasteiger partial charge in [0, 0.05) is 36.3 Å². The first-order chi connectivity index (χ1) is 8.70. The van der Waals surface area contributed by atoms with E-state index < -0.39 is 0 Å². The van der Waals surface area contributed by atoms with Crippen LogP contribution in [0.1, 0.15) is 30.3 Å². The average Bonchev–Trinajstić information content (AvgIpc) is 2.99. The molecule has 2 heterocycles. The second-order valence-electron chi connectivity index (χ2n) is 4.31. The smallest absolute Gasteiger partial charge is 0.185 e. The highest BCUT2D eigenvalue weighted by atomic mass is 32.1. The number of hydrogen-bond acceptors (Lipinski definition) is 5. The lowest BCUT2D eigenvalue weighted by atomic mass is 10.3. The van der Waals surface area contributed by atoms with E-state index in [0.29, 0.717) is 6.04 Å². The standard InChI is InChI=1S/C13H19N3OS/c1-4-14-10(2)12-7-15-13(18-12)16(3)8-11-5-6-17-9-11/h5-7,9-10,14H,4,8H2,1-3H3. The number of furan rings is 1. The summed E-state index contributed by atoms with van der Waals surface area (Å²) in [4.78, 5) is 7.88. The van der Waals surface area contributed by atoms with E-state index in [4.69, 9.17) is 4.42 Å². The van der Waals surface area contributed by atoms with Crippen LogP contribution in [0.3, 0.4) is 0 Å². The predicted octanol–water partition coefficient (Wildman–Crippen LogP) is 3.04. The fourth-order valence-electron chi connectivity index (χ4n) is 1.78. The molecular weight excluding hydrogens is 246 g/mol. The van der Waals surface area contributed by atoms with Crippen LogP contribution < -0.4 is 10.2 Å². The van der Waals surface area contributed by atoms with Crippen molar-refractivity contribution in [3.63, 3.8) is 0 Å². The number of rotatable bonds is 6. The van der Waals surface area contributed by atoms with Gasteiger partial charge in [0.25, 0.3) is 0 Å². The van der Waals surface area contributed by atoms with Gasteiger partial charge in [0.1, 0.15) is 0 Å². The molecule has 0 spiro atoms. The van der Waals surface area contributed by atoms with Gasteiger partial charge in [0.15, 0.2) is 5.13 Å². The van der Waals surface area contributed by atoms with Crippen molar-refractivity contribution in [3.05, 3.63) is 35.2 Å². The molecule has 2 aromatic heterocycles. The molecule has 0 saturated heterocycles. The molecule has 0 aromatic carbocycles. The molecule has 1 N–H and O–H groups in total. The van der Waals surface area contributed by atoms with Crippen molar-refractivity contribution in [3.8, 4) is 0 Å². The molecule has 98 valence electrons. The van der Waals surface area contributed by atoms with E-state index in [2.05, 4.69) is 29.0 Å². The molecule has 0 amide bonds. The Labute approximate surface area is 112 Å². The summed E-state index contributed by atoms with van der Waals surface area (Å²) in [7, 11) is 2.05. The van der Waals surface area contributed by atoms with Gasteiger partial charge in [-0.2, -0.15) is 0 Å². The monoisotopic (exact) mass is 265 g/mol. The van der Waals surface area contributed by atoms with Crippen molar-refractivity contribution >= 4 is 16.5 Å². The van der Waals surface area contributed by atoms with Crippen molar-refractivity contribution < 1.29 is 4.42 Å². The van der Waals surface area contributed by atoms with Gasteiger partial charge in [-0.3, -0.25) is 0 Å². The minimum atomic E-state index is 0.364. The molecule has 5 heteroatoms. The molecule has 0 aliphatic heterocycles. The van der Waals surface area contributed by atoms with Gasteiger partial charge in [-0.1, -0.05) is 6.92 Å². The summed E-state index contributed by atoms with van der Waals surface area (Å²) >= 11 is 1.73. The molecule has 0 saturated carbocycles. The van der Waals surface area contributed by atoms with Crippen LogP contribution in [0.4, 0.5) is 5.13 Å². The Hall–Kier alpha value is -1.33. The first-order valence-corrected chi connectivity index (χ1v) is 6.93. The van der Waals surface area contributed by atoms with E-state index in [1.807, 2.05) is 19.3 Å². The van der Waals surface area contributed by atoms with Gasteiger partial charge in [-0.15, -0.1) is 11.3 Å². The molecule has 0 aliphatic carbocycles. The second-order valence-corrected chi connectivity index (χ2v) is 5.35. The molecule has 4 nitrogen and oxygen atoms in total. The lowest BCUT2D eigenvalue weighted by Gasteiger charge is -2.14. The zero-order chi connectivity index (χ0) is 13.0. The second kappa shape index (κ2) is 6.02. The maximum atomic E-state index is 5.07. The Morgan fingerprint density at radius 3 is 3.06 bits per heavy atom. The van der Waals surface area contributed by atoms with E-state index in [0.717, 1.165) is 23.8 Å². The van der Waals surface area contributed by atoms with Crippen molar-refractivity contribution in [1.82, 2.24) is 10.3 Å². The average molecular weight is 265 g/mol. The first-order valence-electron chi connectivity index (χ1n) is 6.12. The largest absolute Gasteiger partial charge is 0.472 e. The van der Waals surface area contributed by atoms with Gasteiger partial charge in [-0.05, 0) is 19.5 Å². The Balaban J connectivity index is 2.00. The zero-order valence-electron chi connectivity index (χ0n) is 11.0. The molecular formula is C13H19N3OS. The molecule has 0 radical (unpaired) electrons. The van der Waals surface area contributed by atoms with Gasteiger partial charge < -0.3 is 14.6 Å². The van der Waals surface area contributed by atoms with Crippen LogP contribution in [-0.4, -0.2) is 18.6 Å². The summed E-state index contributed by atoms with van der Waals surface area (Å²) in [5, 5.41) is 4.43. The van der Waals surface area contributed by atoms with E-state index >= 15 is 0 Å². The van der Waals surface area contributed by atoms with Crippen molar-refractivity contribution in [1.29, 1.82) is 0 Å². The molecule has 2 rings (SSSR count). The molecule has 0 bridgehead atoms. The highest BCUT2D eigenvalue weighted by Crippen LogP contribution is 2.27. The highest BCUT2D eigenvalue weighted by molar-refractivity contribution is 7.15. The number of hydrogen-bond donors (Lipinski definition) is 1. The van der Waals surface area contributed by atoms with Crippen LogP contribution in [0.15, 0.2) is 29.2 Å². The van der Waals surface area contributed by atoms with E-state index in [1.165, 1.54) is 4.88 Å². The highest BCUT2D eigenvalue weighted by Gasteiger charge is 2.12. The number of thiazole rings is 1. The molecule has 1 atom stereocenters. The van der Waals surface area contributed by atoms with Crippen LogP contribution in [0.25, 0.3) is 0 Å². The summed E-state index contributed by atoms with van der Waals surface area (Å²) in [5.41, 5.74) is 1.16. The Morgan fingerprint density at radius 2 is 2.39 bits per heavy atom. The molecule has 0 aliphatic rings. The van der Waals surface area contributed by atoms with Crippen LogP contribution >= 0.6 is 11.3 Å². The van der Waals surface area contributed by atoms with Crippen molar-refractivity contribution in [2.24, 2.45) is 0 Å². The topological polar surface area (TPSA) is 41.3 Å². The van der Waals surface area contributed by atoms with Gasteiger partial charge in [0.05, 0.1) is 12.5 Å². The fraction of sp³-hybridized carbons (Fsp3) is 0.462. The molecule has 18 heavy (non-hydrogen) atoms. The summed E-state index contributed by atoms with van der Waals surface area (Å²) in [6.07, 6.45) is 5.43. The summed E-state index contributed by atoms with van der Waals surface area (Å²) in [6, 6.07) is 2.34. The third-order valence-corrected chi connectivity index (χ3v) is 4.07. The maximum Gasteiger partial charge on any atom is 0.185 e. The summed E-state index contributed by atoms with van der Waals surface area (Å²) in [5.74, 6) is 0. The number of nitrogens with zero attached hydrogens (tertiary/aromatic N) is 2. The van der Waals surface area contributed by atoms with Crippen LogP contribution in [0, 0.1) is 0 Å². The third-order valence-electron chi connectivity index (χ3n) is 2.77. The van der Waals surface area contributed by atoms with Crippen LogP contribution in [-0.2, 0) is 6.54 Å². The van der Waals surface area contributed by atoms with Crippen LogP contribution in [0.2, 0.25) is 0 Å². The molecule has 2 aromatic rings. The Bertz CT molecular complexity index is 466. The van der Waals surface area contributed by atoms with Crippen molar-refractivity contribution in [2.75, 3.05) is 18.5 Å². The number of anilines is 1. The quantitative estimate of drug-likeness (QED) is 0.871. The normalized spacial score (nSPS) is 12.6. The zero-order valence-corrected chi connectivity index (χ0v) is 11.8. The third kappa shape index (κ3) is 3.11. The van der Waals surface area contributed by atoms with E-state index in [9.17, 15) is 0 Å². The Kier molecular flexibility index (Phi) is 4.38. The maximum absolute atomic E-state index is 5.07. The Morgan fingerprint density at radius 1 is 1.56 bits per heavy atom. The molecule has 1 unspecified atom stereocenters. The first kappa shape index (κ1) is 13.1. The van der Waals surface area contributed by atoms with Crippen LogP contribution in [0.5, 0.6) is 0 Å². The minimum Gasteiger partial charge on any atom is -0.472 e. The molecule has 0 fully saturated rings. The summed E-state index contributed by atoms with van der Waals surface area (Å²) in [6.45, 7) is 6.07.